The maximum absolute atomic E-state index is 13.4. The van der Waals surface area contributed by atoms with Crippen LogP contribution in [0.1, 0.15) is 65.7 Å². The summed E-state index contributed by atoms with van der Waals surface area (Å²) in [5.41, 5.74) is 0.0890. The van der Waals surface area contributed by atoms with E-state index in [0.29, 0.717) is 26.2 Å². The normalized spacial score (nSPS) is 40.8. The van der Waals surface area contributed by atoms with Crippen LogP contribution in [0.3, 0.4) is 0 Å². The molecule has 1 aromatic rings. The number of hydrogen-bond acceptors (Lipinski definition) is 8. The molecule has 2 saturated carbocycles. The van der Waals surface area contributed by atoms with Crippen LogP contribution in [0.25, 0.3) is 0 Å². The maximum Gasteiger partial charge on any atom is 0.309 e. The molecule has 3 saturated heterocycles. The smallest absolute Gasteiger partial charge is 0.309 e. The topological polar surface area (TPSA) is 81.7 Å². The van der Waals surface area contributed by atoms with E-state index < -0.39 is 25.8 Å². The maximum atomic E-state index is 13.4. The van der Waals surface area contributed by atoms with Crippen molar-refractivity contribution < 1.29 is 37.6 Å². The molecule has 0 amide bonds. The lowest BCUT2D eigenvalue weighted by molar-refractivity contribution is -0.297. The highest BCUT2D eigenvalue weighted by Gasteiger charge is 2.74. The lowest BCUT2D eigenvalue weighted by Gasteiger charge is -2.63. The molecule has 0 radical (unpaired) electrons. The van der Waals surface area contributed by atoms with Crippen LogP contribution in [-0.4, -0.2) is 65.3 Å². The summed E-state index contributed by atoms with van der Waals surface area (Å²) in [4.78, 5) is 13.4. The first-order valence-electron chi connectivity index (χ1n) is 14.8. The van der Waals surface area contributed by atoms with Crippen LogP contribution in [-0.2, 0) is 32.9 Å². The third kappa shape index (κ3) is 4.38. The second-order valence-electron chi connectivity index (χ2n) is 14.6. The number of cyclic esters (lactones) is 1. The number of fused-ring (bicyclic) bond motifs is 3. The summed E-state index contributed by atoms with van der Waals surface area (Å²) in [6.07, 6.45) is 1.34. The number of carbonyl (C=O) groups excluding carboxylic acids is 1. The van der Waals surface area contributed by atoms with E-state index in [1.165, 1.54) is 0 Å². The van der Waals surface area contributed by atoms with E-state index >= 15 is 0 Å². The van der Waals surface area contributed by atoms with Gasteiger partial charge < -0.3 is 32.8 Å². The number of ether oxygens (including phenoxy) is 6. The van der Waals surface area contributed by atoms with Crippen LogP contribution >= 0.6 is 0 Å². The third-order valence-electron chi connectivity index (χ3n) is 10.8. The molecule has 0 unspecified atom stereocenters. The van der Waals surface area contributed by atoms with Gasteiger partial charge in [-0.1, -0.05) is 32.9 Å². The van der Waals surface area contributed by atoms with E-state index in [2.05, 4.69) is 33.9 Å². The fraction of sp³-hybridized carbons (Fsp3) is 0.774. The van der Waals surface area contributed by atoms with Gasteiger partial charge >= 0.3 is 5.97 Å². The fourth-order valence-electron chi connectivity index (χ4n) is 7.94. The Bertz CT molecular complexity index is 1120. The highest BCUT2D eigenvalue weighted by atomic mass is 28.4. The Kier molecular flexibility index (Phi) is 6.80. The molecule has 222 valence electrons. The van der Waals surface area contributed by atoms with E-state index in [0.717, 1.165) is 24.2 Å². The Morgan fingerprint density at radius 1 is 1.00 bits per heavy atom. The quantitative estimate of drug-likeness (QED) is 0.339. The molecule has 3 heterocycles. The van der Waals surface area contributed by atoms with Crippen LogP contribution < -0.4 is 4.74 Å². The van der Waals surface area contributed by atoms with Gasteiger partial charge in [0, 0.05) is 22.3 Å². The van der Waals surface area contributed by atoms with Crippen molar-refractivity contribution in [2.24, 2.45) is 22.7 Å². The van der Waals surface area contributed by atoms with E-state index in [1.54, 1.807) is 7.11 Å². The summed E-state index contributed by atoms with van der Waals surface area (Å²) >= 11 is 0. The van der Waals surface area contributed by atoms with Crippen molar-refractivity contribution in [2.45, 2.75) is 102 Å². The predicted octanol–water partition coefficient (Wildman–Crippen LogP) is 5.61. The molecular weight excluding hydrogens is 528 g/mol. The lowest BCUT2D eigenvalue weighted by atomic mass is 9.45. The lowest BCUT2D eigenvalue weighted by Crippen LogP contribution is -2.70. The third-order valence-corrected chi connectivity index (χ3v) is 15.3. The van der Waals surface area contributed by atoms with E-state index in [9.17, 15) is 4.79 Å². The van der Waals surface area contributed by atoms with Gasteiger partial charge in [-0.05, 0) is 63.4 Å². The monoisotopic (exact) mass is 574 g/mol. The molecule has 5 aliphatic rings. The van der Waals surface area contributed by atoms with Crippen LogP contribution in [0.2, 0.25) is 18.1 Å². The Morgan fingerprint density at radius 2 is 1.68 bits per heavy atom. The average molecular weight is 575 g/mol. The van der Waals surface area contributed by atoms with Gasteiger partial charge in [-0.15, -0.1) is 0 Å². The van der Waals surface area contributed by atoms with Gasteiger partial charge in [0.05, 0.1) is 44.6 Å². The van der Waals surface area contributed by atoms with Crippen molar-refractivity contribution in [1.29, 1.82) is 0 Å². The molecule has 5 fully saturated rings. The largest absolute Gasteiger partial charge is 0.497 e. The SMILES string of the molecule is COc1ccc(C2OCC3(CC[C@@H](O[Si](C)(C)C(C)(C)C)[C@]45COC(=O)[C@H]4C[C@@H]4OC(C)(C)O[C@@H]4[C@@H]35)CO2)cc1. The summed E-state index contributed by atoms with van der Waals surface area (Å²) in [6.45, 7) is 16.7. The highest BCUT2D eigenvalue weighted by Crippen LogP contribution is 2.67. The number of rotatable bonds is 4. The van der Waals surface area contributed by atoms with Crippen molar-refractivity contribution in [3.63, 3.8) is 0 Å². The summed E-state index contributed by atoms with van der Waals surface area (Å²) < 4.78 is 44.7. The van der Waals surface area contributed by atoms with Gasteiger partial charge in [-0.25, -0.2) is 0 Å². The minimum Gasteiger partial charge on any atom is -0.497 e. The molecule has 6 atom stereocenters. The summed E-state index contributed by atoms with van der Waals surface area (Å²) in [6, 6.07) is 7.82. The zero-order valence-electron chi connectivity index (χ0n) is 25.3. The standard InChI is InChI=1S/C31H46O8Si/c1-28(2,3)40(7,8)39-23-13-14-30(16-35-27(36-17-30)19-9-11-20(33-6)12-10-19)25-24-22(37-29(4,5)38-24)15-21-26(32)34-18-31(21,23)25/h9-12,21-25,27H,13-18H2,1-8H3/t21-,22+,23-,24+,25+,27?,30?,31+/m1/s1. The number of esters is 1. The average Bonchev–Trinajstić information content (AvgIpc) is 3.39. The first-order chi connectivity index (χ1) is 18.7. The molecule has 40 heavy (non-hydrogen) atoms. The molecule has 0 aromatic heterocycles. The van der Waals surface area contributed by atoms with Gasteiger partial charge in [0.15, 0.2) is 20.4 Å². The zero-order chi connectivity index (χ0) is 28.7. The fourth-order valence-corrected chi connectivity index (χ4v) is 9.34. The van der Waals surface area contributed by atoms with E-state index in [1.807, 2.05) is 38.1 Å². The summed E-state index contributed by atoms with van der Waals surface area (Å²) in [7, 11) is -0.495. The second-order valence-corrected chi connectivity index (χ2v) is 19.4. The van der Waals surface area contributed by atoms with Gasteiger partial charge in [-0.3, -0.25) is 4.79 Å². The summed E-state index contributed by atoms with van der Waals surface area (Å²) in [5.74, 6) is -0.439. The molecule has 2 aliphatic carbocycles. The van der Waals surface area contributed by atoms with Gasteiger partial charge in [0.1, 0.15) is 12.4 Å². The van der Waals surface area contributed by atoms with Gasteiger partial charge in [-0.2, -0.15) is 0 Å². The predicted molar refractivity (Wildman–Crippen MR) is 150 cm³/mol. The van der Waals surface area contributed by atoms with E-state index in [4.69, 9.17) is 32.8 Å². The number of carbonyl (C=O) groups is 1. The van der Waals surface area contributed by atoms with Crippen molar-refractivity contribution in [3.05, 3.63) is 29.8 Å². The Balaban J connectivity index is 1.37. The minimum atomic E-state index is -2.15. The van der Waals surface area contributed by atoms with Crippen molar-refractivity contribution >= 4 is 14.3 Å². The Labute approximate surface area is 239 Å². The van der Waals surface area contributed by atoms with Crippen LogP contribution in [0.15, 0.2) is 24.3 Å². The molecule has 1 aromatic carbocycles. The number of methoxy groups -OCH3 is 1. The van der Waals surface area contributed by atoms with E-state index in [-0.39, 0.29) is 46.6 Å². The van der Waals surface area contributed by atoms with Crippen molar-refractivity contribution in [2.75, 3.05) is 26.9 Å². The van der Waals surface area contributed by atoms with Crippen LogP contribution in [0.4, 0.5) is 0 Å². The zero-order valence-corrected chi connectivity index (χ0v) is 26.3. The second kappa shape index (κ2) is 9.51. The number of benzene rings is 1. The Hall–Kier alpha value is -1.49. The molecule has 0 bridgehead atoms. The molecule has 8 nitrogen and oxygen atoms in total. The van der Waals surface area contributed by atoms with Crippen molar-refractivity contribution in [1.82, 2.24) is 0 Å². The molecule has 6 rings (SSSR count). The first kappa shape index (κ1) is 28.6. The Morgan fingerprint density at radius 3 is 2.30 bits per heavy atom. The summed E-state index contributed by atoms with van der Waals surface area (Å²) in [5, 5.41) is 0.0437. The van der Waals surface area contributed by atoms with Gasteiger partial charge in [0.25, 0.3) is 0 Å². The van der Waals surface area contributed by atoms with Crippen LogP contribution in [0, 0.1) is 22.7 Å². The van der Waals surface area contributed by atoms with Crippen molar-refractivity contribution in [3.8, 4) is 5.75 Å². The van der Waals surface area contributed by atoms with Gasteiger partial charge in [0.2, 0.25) is 0 Å². The first-order valence-corrected chi connectivity index (χ1v) is 17.7. The highest BCUT2D eigenvalue weighted by molar-refractivity contribution is 6.74. The molecule has 0 N–H and O–H groups in total. The van der Waals surface area contributed by atoms with Crippen LogP contribution in [0.5, 0.6) is 5.75 Å². The molecule has 9 heteroatoms. The molecule has 3 aliphatic heterocycles. The molecule has 2 spiro atoms. The number of hydrogen-bond donors (Lipinski definition) is 0. The minimum absolute atomic E-state index is 0.0437. The molecular formula is C31H46O8Si.